The van der Waals surface area contributed by atoms with Gasteiger partial charge in [-0.05, 0) is 37.1 Å². The zero-order valence-electron chi connectivity index (χ0n) is 15.9. The Morgan fingerprint density at radius 3 is 2.21 bits per heavy atom. The van der Waals surface area contributed by atoms with Gasteiger partial charge in [-0.1, -0.05) is 36.4 Å². The molecule has 1 aliphatic rings. The Morgan fingerprint density at radius 1 is 1.00 bits per heavy atom. The highest BCUT2D eigenvalue weighted by molar-refractivity contribution is 6.06. The fourth-order valence-electron chi connectivity index (χ4n) is 3.42. The predicted molar refractivity (Wildman–Crippen MR) is 108 cm³/mol. The second kappa shape index (κ2) is 10.0. The van der Waals surface area contributed by atoms with Crippen LogP contribution in [-0.2, 0) is 9.53 Å². The summed E-state index contributed by atoms with van der Waals surface area (Å²) in [5, 5.41) is 8.72. The fourth-order valence-corrected chi connectivity index (χ4v) is 3.42. The number of rotatable bonds is 8. The van der Waals surface area contributed by atoms with Crippen molar-refractivity contribution >= 4 is 17.6 Å². The van der Waals surface area contributed by atoms with Crippen LogP contribution in [0.4, 0.5) is 5.69 Å². The number of likely N-dealkylation sites (tertiary alicyclic amines) is 1. The first-order valence-corrected chi connectivity index (χ1v) is 9.61. The van der Waals surface area contributed by atoms with Crippen LogP contribution in [-0.4, -0.2) is 60.8 Å². The minimum absolute atomic E-state index is 0.00327. The van der Waals surface area contributed by atoms with Crippen molar-refractivity contribution in [2.45, 2.75) is 18.9 Å². The molecule has 6 heteroatoms. The number of benzene rings is 2. The van der Waals surface area contributed by atoms with Crippen LogP contribution in [0.5, 0.6) is 0 Å². The number of amides is 1. The first kappa shape index (κ1) is 20.0. The Bertz CT molecular complexity index is 759. The SMILES string of the molecule is O=C(O)COC1CCN(CCN(C(=O)c2ccccc2)c2ccccc2)CC1. The van der Waals surface area contributed by atoms with Crippen molar-refractivity contribution < 1.29 is 19.4 Å². The van der Waals surface area contributed by atoms with Crippen molar-refractivity contribution in [1.82, 2.24) is 4.90 Å². The van der Waals surface area contributed by atoms with E-state index in [9.17, 15) is 9.59 Å². The topological polar surface area (TPSA) is 70.1 Å². The number of carbonyl (C=O) groups excluding carboxylic acids is 1. The molecule has 0 aliphatic carbocycles. The van der Waals surface area contributed by atoms with Gasteiger partial charge >= 0.3 is 5.97 Å². The standard InChI is InChI=1S/C22H26N2O4/c25-21(26)17-28-20-11-13-23(14-12-20)15-16-24(19-9-5-2-6-10-19)22(27)18-7-3-1-4-8-18/h1-10,20H,11-17H2,(H,25,26). The lowest BCUT2D eigenvalue weighted by atomic mass is 10.1. The maximum Gasteiger partial charge on any atom is 0.329 e. The number of carboxylic acids is 1. The first-order valence-electron chi connectivity index (χ1n) is 9.61. The van der Waals surface area contributed by atoms with Crippen molar-refractivity contribution in [2.75, 3.05) is 37.7 Å². The minimum Gasteiger partial charge on any atom is -0.480 e. The van der Waals surface area contributed by atoms with Gasteiger partial charge in [-0.15, -0.1) is 0 Å². The molecule has 28 heavy (non-hydrogen) atoms. The summed E-state index contributed by atoms with van der Waals surface area (Å²) in [7, 11) is 0. The van der Waals surface area contributed by atoms with Gasteiger partial charge in [0.1, 0.15) is 6.61 Å². The monoisotopic (exact) mass is 382 g/mol. The largest absolute Gasteiger partial charge is 0.480 e. The molecule has 0 saturated carbocycles. The van der Waals surface area contributed by atoms with Crippen molar-refractivity contribution in [3.63, 3.8) is 0 Å². The summed E-state index contributed by atoms with van der Waals surface area (Å²) in [4.78, 5) is 27.8. The molecule has 148 valence electrons. The van der Waals surface area contributed by atoms with Gasteiger partial charge in [-0.3, -0.25) is 4.79 Å². The summed E-state index contributed by atoms with van der Waals surface area (Å²) in [6, 6.07) is 19.0. The number of para-hydroxylation sites is 1. The highest BCUT2D eigenvalue weighted by Crippen LogP contribution is 2.18. The van der Waals surface area contributed by atoms with E-state index < -0.39 is 5.97 Å². The summed E-state index contributed by atoms with van der Waals surface area (Å²) in [6.07, 6.45) is 1.62. The molecular formula is C22H26N2O4. The molecule has 1 N–H and O–H groups in total. The molecule has 1 aliphatic heterocycles. The van der Waals surface area contributed by atoms with Gasteiger partial charge in [-0.25, -0.2) is 4.79 Å². The lowest BCUT2D eigenvalue weighted by molar-refractivity contribution is -0.145. The number of ether oxygens (including phenoxy) is 1. The molecule has 0 radical (unpaired) electrons. The Hall–Kier alpha value is -2.70. The Balaban J connectivity index is 1.59. The molecule has 1 fully saturated rings. The van der Waals surface area contributed by atoms with Crippen LogP contribution in [0, 0.1) is 0 Å². The van der Waals surface area contributed by atoms with Crippen LogP contribution in [0.25, 0.3) is 0 Å². The number of carboxylic acid groups (broad SMARTS) is 1. The first-order chi connectivity index (χ1) is 13.6. The third-order valence-electron chi connectivity index (χ3n) is 4.95. The van der Waals surface area contributed by atoms with Gasteiger partial charge in [0.05, 0.1) is 6.10 Å². The van der Waals surface area contributed by atoms with Crippen molar-refractivity contribution in [3.05, 3.63) is 66.2 Å². The number of piperidine rings is 1. The molecule has 0 spiro atoms. The summed E-state index contributed by atoms with van der Waals surface area (Å²) in [5.74, 6) is -0.938. The number of carbonyl (C=O) groups is 2. The number of anilines is 1. The van der Waals surface area contributed by atoms with Gasteiger partial charge < -0.3 is 19.6 Å². The van der Waals surface area contributed by atoms with E-state index in [4.69, 9.17) is 9.84 Å². The molecule has 0 unspecified atom stereocenters. The van der Waals surface area contributed by atoms with Crippen molar-refractivity contribution in [1.29, 1.82) is 0 Å². The third kappa shape index (κ3) is 5.65. The normalized spacial score (nSPS) is 15.3. The lowest BCUT2D eigenvalue weighted by Gasteiger charge is -2.33. The van der Waals surface area contributed by atoms with Crippen LogP contribution in [0.1, 0.15) is 23.2 Å². The van der Waals surface area contributed by atoms with E-state index in [0.29, 0.717) is 12.1 Å². The van der Waals surface area contributed by atoms with Crippen LogP contribution in [0.2, 0.25) is 0 Å². The molecule has 0 bridgehead atoms. The lowest BCUT2D eigenvalue weighted by Crippen LogP contribution is -2.43. The van der Waals surface area contributed by atoms with Gasteiger partial charge in [0.15, 0.2) is 0 Å². The van der Waals surface area contributed by atoms with E-state index in [-0.39, 0.29) is 18.6 Å². The van der Waals surface area contributed by atoms with Crippen LogP contribution >= 0.6 is 0 Å². The Morgan fingerprint density at radius 2 is 1.61 bits per heavy atom. The minimum atomic E-state index is -0.930. The third-order valence-corrected chi connectivity index (χ3v) is 4.95. The molecule has 6 nitrogen and oxygen atoms in total. The van der Waals surface area contributed by atoms with Gasteiger partial charge in [0.25, 0.3) is 5.91 Å². The molecular weight excluding hydrogens is 356 g/mol. The summed E-state index contributed by atoms with van der Waals surface area (Å²) >= 11 is 0. The quantitative estimate of drug-likeness (QED) is 0.760. The van der Waals surface area contributed by atoms with Crippen LogP contribution in [0.3, 0.4) is 0 Å². The second-order valence-corrected chi connectivity index (χ2v) is 6.90. The summed E-state index contributed by atoms with van der Waals surface area (Å²) in [5.41, 5.74) is 1.56. The van der Waals surface area contributed by atoms with E-state index in [1.54, 1.807) is 0 Å². The second-order valence-electron chi connectivity index (χ2n) is 6.90. The number of nitrogens with zero attached hydrogens (tertiary/aromatic N) is 2. The number of hydrogen-bond donors (Lipinski definition) is 1. The number of hydrogen-bond acceptors (Lipinski definition) is 4. The zero-order valence-corrected chi connectivity index (χ0v) is 15.9. The van der Waals surface area contributed by atoms with E-state index >= 15 is 0 Å². The highest BCUT2D eigenvalue weighted by atomic mass is 16.5. The molecule has 1 amide bonds. The molecule has 0 atom stereocenters. The average Bonchev–Trinajstić information content (AvgIpc) is 2.74. The molecule has 2 aromatic carbocycles. The van der Waals surface area contributed by atoms with Crippen LogP contribution in [0.15, 0.2) is 60.7 Å². The number of aliphatic carboxylic acids is 1. The maximum atomic E-state index is 13.1. The smallest absolute Gasteiger partial charge is 0.329 e. The Kier molecular flexibility index (Phi) is 7.17. The van der Waals surface area contributed by atoms with E-state index in [1.165, 1.54) is 0 Å². The highest BCUT2D eigenvalue weighted by Gasteiger charge is 2.23. The maximum absolute atomic E-state index is 13.1. The van der Waals surface area contributed by atoms with Gasteiger partial charge in [0, 0.05) is 37.4 Å². The fraction of sp³-hybridized carbons (Fsp3) is 0.364. The van der Waals surface area contributed by atoms with E-state index in [0.717, 1.165) is 38.2 Å². The molecule has 1 heterocycles. The summed E-state index contributed by atoms with van der Waals surface area (Å²) < 4.78 is 5.39. The molecule has 0 aromatic heterocycles. The molecule has 3 rings (SSSR count). The van der Waals surface area contributed by atoms with E-state index in [1.807, 2.05) is 65.6 Å². The van der Waals surface area contributed by atoms with Crippen molar-refractivity contribution in [2.24, 2.45) is 0 Å². The van der Waals surface area contributed by atoms with E-state index in [2.05, 4.69) is 4.90 Å². The predicted octanol–water partition coefficient (Wildman–Crippen LogP) is 2.90. The summed E-state index contributed by atoms with van der Waals surface area (Å²) in [6.45, 7) is 2.80. The molecule has 1 saturated heterocycles. The van der Waals surface area contributed by atoms with Gasteiger partial charge in [0.2, 0.25) is 0 Å². The average molecular weight is 382 g/mol. The molecule has 2 aromatic rings. The van der Waals surface area contributed by atoms with Gasteiger partial charge in [-0.2, -0.15) is 0 Å². The Labute approximate surface area is 165 Å². The van der Waals surface area contributed by atoms with Crippen LogP contribution < -0.4 is 4.90 Å². The van der Waals surface area contributed by atoms with Crippen molar-refractivity contribution in [3.8, 4) is 0 Å². The zero-order chi connectivity index (χ0) is 19.8.